The minimum absolute atomic E-state index is 0.137. The van der Waals surface area contributed by atoms with Crippen molar-refractivity contribution in [1.82, 2.24) is 0 Å². The summed E-state index contributed by atoms with van der Waals surface area (Å²) in [6, 6.07) is 7.11. The van der Waals surface area contributed by atoms with Gasteiger partial charge in [-0.05, 0) is 43.0 Å². The lowest BCUT2D eigenvalue weighted by Gasteiger charge is -2.25. The topological polar surface area (TPSA) is 47.9 Å². The zero-order valence-electron chi connectivity index (χ0n) is 17.5. The van der Waals surface area contributed by atoms with Crippen LogP contribution in [0.3, 0.4) is 0 Å². The Morgan fingerprint density at radius 3 is 2.83 bits per heavy atom. The van der Waals surface area contributed by atoms with Crippen molar-refractivity contribution in [3.63, 3.8) is 0 Å². The van der Waals surface area contributed by atoms with E-state index in [1.165, 1.54) is 0 Å². The van der Waals surface area contributed by atoms with E-state index in [1.54, 1.807) is 24.3 Å². The van der Waals surface area contributed by atoms with Gasteiger partial charge < -0.3 is 19.3 Å². The fourth-order valence-electron chi connectivity index (χ4n) is 4.05. The quantitative estimate of drug-likeness (QED) is 0.387. The fourth-order valence-corrected chi connectivity index (χ4v) is 4.23. The Balaban J connectivity index is 1.65. The minimum Gasteiger partial charge on any atom is -0.488 e. The first-order chi connectivity index (χ1) is 14.5. The van der Waals surface area contributed by atoms with Crippen molar-refractivity contribution in [2.75, 3.05) is 19.8 Å². The van der Waals surface area contributed by atoms with Crippen molar-refractivity contribution in [2.24, 2.45) is 11.8 Å². The van der Waals surface area contributed by atoms with Crippen molar-refractivity contribution >= 4 is 11.6 Å². The first kappa shape index (κ1) is 23.3. The third kappa shape index (κ3) is 6.30. The molecule has 4 atom stereocenters. The number of halogens is 2. The van der Waals surface area contributed by atoms with Gasteiger partial charge >= 0.3 is 0 Å². The van der Waals surface area contributed by atoms with Crippen LogP contribution >= 0.6 is 11.6 Å². The smallest absolute Gasteiger partial charge is 0.223 e. The lowest BCUT2D eigenvalue weighted by Crippen LogP contribution is -2.35. The molecular formula is C24H32ClFO4. The van der Waals surface area contributed by atoms with Crippen molar-refractivity contribution in [1.29, 1.82) is 0 Å². The molecule has 0 radical (unpaired) electrons. The molecule has 1 aromatic carbocycles. The van der Waals surface area contributed by atoms with Crippen LogP contribution in [0, 0.1) is 11.8 Å². The number of benzene rings is 1. The summed E-state index contributed by atoms with van der Waals surface area (Å²) < 4.78 is 32.1. The number of allylic oxidation sites excluding steroid dienone is 3. The molecule has 1 saturated carbocycles. The van der Waals surface area contributed by atoms with E-state index >= 15 is 0 Å². The minimum atomic E-state index is -1.09. The van der Waals surface area contributed by atoms with E-state index in [2.05, 4.69) is 19.1 Å². The normalized spacial score (nSPS) is 28.7. The molecular weight excluding hydrogens is 407 g/mol. The highest BCUT2D eigenvalue weighted by Gasteiger charge is 2.42. The summed E-state index contributed by atoms with van der Waals surface area (Å²) >= 11 is 6.01. The maximum Gasteiger partial charge on any atom is 0.223 e. The summed E-state index contributed by atoms with van der Waals surface area (Å²) in [6.07, 6.45) is 10.2. The SMILES string of the molecule is CCCC/C=C\C[C@@H]1[C@@H](/C=C/C2(COc3cccc(Cl)c3)OCCO2)[C@@H](F)C[C@@H]1O. The standard InChI is InChI=1S/C24H32ClFO4/c1-2-3-4-5-6-10-21-20(22(26)16-23(21)27)11-12-24(29-13-14-30-24)17-28-19-9-7-8-18(25)15-19/h5-9,11-12,15,20-23,27H,2-4,10,13-14,16-17H2,1H3/b6-5-,12-11+/t20-,21-,22+,23+/m1/s1. The van der Waals surface area contributed by atoms with Crippen molar-refractivity contribution in [2.45, 2.75) is 57.1 Å². The average molecular weight is 439 g/mol. The Hall–Kier alpha value is -1.40. The molecule has 166 valence electrons. The number of hydrogen-bond donors (Lipinski definition) is 1. The van der Waals surface area contributed by atoms with Gasteiger partial charge in [0, 0.05) is 17.4 Å². The second-order valence-electron chi connectivity index (χ2n) is 8.02. The highest BCUT2D eigenvalue weighted by atomic mass is 35.5. The summed E-state index contributed by atoms with van der Waals surface area (Å²) in [4.78, 5) is 0. The van der Waals surface area contributed by atoms with E-state index in [9.17, 15) is 9.50 Å². The largest absolute Gasteiger partial charge is 0.488 e. The third-order valence-corrected chi connectivity index (χ3v) is 5.99. The Bertz CT molecular complexity index is 717. The summed E-state index contributed by atoms with van der Waals surface area (Å²) in [6.45, 7) is 3.18. The molecule has 2 fully saturated rings. The summed E-state index contributed by atoms with van der Waals surface area (Å²) in [5.74, 6) is -0.978. The van der Waals surface area contributed by atoms with E-state index in [4.69, 9.17) is 25.8 Å². The van der Waals surface area contributed by atoms with Crippen molar-refractivity contribution in [3.8, 4) is 5.75 Å². The molecule has 0 spiro atoms. The molecule has 2 aliphatic rings. The molecule has 30 heavy (non-hydrogen) atoms. The number of unbranched alkanes of at least 4 members (excludes halogenated alkanes) is 2. The van der Waals surface area contributed by atoms with Gasteiger partial charge in [-0.15, -0.1) is 0 Å². The van der Waals surface area contributed by atoms with Gasteiger partial charge in [-0.2, -0.15) is 0 Å². The first-order valence-electron chi connectivity index (χ1n) is 10.9. The summed E-state index contributed by atoms with van der Waals surface area (Å²) in [5, 5.41) is 10.9. The van der Waals surface area contributed by atoms with Crippen LogP contribution in [0.5, 0.6) is 5.75 Å². The highest BCUT2D eigenvalue weighted by Crippen LogP contribution is 2.39. The molecule has 1 heterocycles. The van der Waals surface area contributed by atoms with E-state index in [-0.39, 0.29) is 24.9 Å². The molecule has 1 aliphatic carbocycles. The van der Waals surface area contributed by atoms with E-state index in [0.29, 0.717) is 30.4 Å². The Labute approximate surface area is 183 Å². The van der Waals surface area contributed by atoms with Crippen LogP contribution in [-0.4, -0.2) is 43.0 Å². The first-order valence-corrected chi connectivity index (χ1v) is 11.2. The molecule has 1 aromatic rings. The molecule has 6 heteroatoms. The number of rotatable bonds is 10. The van der Waals surface area contributed by atoms with Gasteiger partial charge in [0.1, 0.15) is 18.5 Å². The second kappa shape index (κ2) is 11.3. The number of ether oxygens (including phenoxy) is 3. The van der Waals surface area contributed by atoms with E-state index < -0.39 is 18.1 Å². The molecule has 3 rings (SSSR count). The second-order valence-corrected chi connectivity index (χ2v) is 8.46. The molecule has 0 aromatic heterocycles. The van der Waals surface area contributed by atoms with Crippen LogP contribution in [0.1, 0.15) is 39.0 Å². The van der Waals surface area contributed by atoms with Gasteiger partial charge in [-0.25, -0.2) is 4.39 Å². The predicted molar refractivity (Wildman–Crippen MR) is 117 cm³/mol. The zero-order chi connectivity index (χ0) is 21.4. The number of aliphatic hydroxyl groups excluding tert-OH is 1. The van der Waals surface area contributed by atoms with Crippen molar-refractivity contribution < 1.29 is 23.7 Å². The van der Waals surface area contributed by atoms with Crippen molar-refractivity contribution in [3.05, 3.63) is 53.6 Å². The molecule has 0 bridgehead atoms. The lowest BCUT2D eigenvalue weighted by molar-refractivity contribution is -0.139. The lowest BCUT2D eigenvalue weighted by atomic mass is 9.90. The molecule has 0 amide bonds. The Morgan fingerprint density at radius 2 is 2.10 bits per heavy atom. The van der Waals surface area contributed by atoms with Gasteiger partial charge in [0.2, 0.25) is 5.79 Å². The number of aliphatic hydroxyl groups is 1. The van der Waals surface area contributed by atoms with E-state index in [1.807, 2.05) is 12.1 Å². The van der Waals surface area contributed by atoms with Crippen LogP contribution in [-0.2, 0) is 9.47 Å². The predicted octanol–water partition coefficient (Wildman–Crippen LogP) is 5.49. The molecule has 1 N–H and O–H groups in total. The van der Waals surface area contributed by atoms with Crippen LogP contribution in [0.25, 0.3) is 0 Å². The fraction of sp³-hybridized carbons (Fsp3) is 0.583. The van der Waals surface area contributed by atoms with Gasteiger partial charge in [0.15, 0.2) is 0 Å². The van der Waals surface area contributed by atoms with Gasteiger partial charge in [-0.1, -0.05) is 55.7 Å². The van der Waals surface area contributed by atoms with Crippen LogP contribution in [0.2, 0.25) is 5.02 Å². The number of alkyl halides is 1. The maximum atomic E-state index is 14.6. The Morgan fingerprint density at radius 1 is 1.30 bits per heavy atom. The zero-order valence-corrected chi connectivity index (χ0v) is 18.3. The number of hydrogen-bond acceptors (Lipinski definition) is 4. The molecule has 1 aliphatic heterocycles. The Kier molecular flexibility index (Phi) is 8.75. The third-order valence-electron chi connectivity index (χ3n) is 5.76. The van der Waals surface area contributed by atoms with Crippen LogP contribution in [0.15, 0.2) is 48.6 Å². The molecule has 4 nitrogen and oxygen atoms in total. The summed E-state index contributed by atoms with van der Waals surface area (Å²) in [5.41, 5.74) is 0. The average Bonchev–Trinajstić information content (AvgIpc) is 3.29. The van der Waals surface area contributed by atoms with Crippen LogP contribution in [0.4, 0.5) is 4.39 Å². The monoisotopic (exact) mass is 438 g/mol. The van der Waals surface area contributed by atoms with Gasteiger partial charge in [0.25, 0.3) is 0 Å². The maximum absolute atomic E-state index is 14.6. The van der Waals surface area contributed by atoms with Crippen LogP contribution < -0.4 is 4.74 Å². The molecule has 1 saturated heterocycles. The highest BCUT2D eigenvalue weighted by molar-refractivity contribution is 6.30. The van der Waals surface area contributed by atoms with Gasteiger partial charge in [0.05, 0.1) is 19.3 Å². The summed E-state index contributed by atoms with van der Waals surface area (Å²) in [7, 11) is 0. The van der Waals surface area contributed by atoms with E-state index in [0.717, 1.165) is 19.3 Å². The molecule has 0 unspecified atom stereocenters. The van der Waals surface area contributed by atoms with Gasteiger partial charge in [-0.3, -0.25) is 0 Å².